The zero-order valence-corrected chi connectivity index (χ0v) is 20.4. The van der Waals surface area contributed by atoms with Crippen molar-refractivity contribution in [3.05, 3.63) is 83.3 Å². The van der Waals surface area contributed by atoms with Crippen molar-refractivity contribution in [3.8, 4) is 0 Å². The molecule has 0 aliphatic carbocycles. The number of anilines is 1. The SMILES string of the molecule is CCCCN(Cc1cncn1Cc1ccccc1)c1ccc2scc(C(C)CCC)c2c1. The summed E-state index contributed by atoms with van der Waals surface area (Å²) in [6, 6.07) is 17.7. The van der Waals surface area contributed by atoms with E-state index in [1.54, 1.807) is 0 Å². The lowest BCUT2D eigenvalue weighted by Gasteiger charge is -2.26. The van der Waals surface area contributed by atoms with Gasteiger partial charge in [-0.1, -0.05) is 63.9 Å². The molecule has 0 amide bonds. The van der Waals surface area contributed by atoms with Gasteiger partial charge in [-0.3, -0.25) is 0 Å². The summed E-state index contributed by atoms with van der Waals surface area (Å²) >= 11 is 1.88. The van der Waals surface area contributed by atoms with Crippen LogP contribution in [0.2, 0.25) is 0 Å². The van der Waals surface area contributed by atoms with Gasteiger partial charge in [0.25, 0.3) is 0 Å². The highest BCUT2D eigenvalue weighted by atomic mass is 32.1. The van der Waals surface area contributed by atoms with Crippen molar-refractivity contribution in [2.24, 2.45) is 0 Å². The fourth-order valence-corrected chi connectivity index (χ4v) is 5.51. The van der Waals surface area contributed by atoms with Crippen LogP contribution in [0, 0.1) is 0 Å². The average molecular weight is 446 g/mol. The Labute approximate surface area is 196 Å². The summed E-state index contributed by atoms with van der Waals surface area (Å²) in [6.07, 6.45) is 8.85. The number of nitrogens with zero attached hydrogens (tertiary/aromatic N) is 3. The van der Waals surface area contributed by atoms with E-state index in [-0.39, 0.29) is 0 Å². The lowest BCUT2D eigenvalue weighted by atomic mass is 9.96. The number of hydrogen-bond acceptors (Lipinski definition) is 3. The van der Waals surface area contributed by atoms with Crippen molar-refractivity contribution in [1.29, 1.82) is 0 Å². The molecule has 0 aliphatic heterocycles. The second-order valence-corrected chi connectivity index (χ2v) is 9.75. The fourth-order valence-electron chi connectivity index (χ4n) is 4.45. The predicted molar refractivity (Wildman–Crippen MR) is 139 cm³/mol. The van der Waals surface area contributed by atoms with E-state index >= 15 is 0 Å². The van der Waals surface area contributed by atoms with E-state index in [9.17, 15) is 0 Å². The van der Waals surface area contributed by atoms with E-state index in [0.29, 0.717) is 5.92 Å². The Bertz CT molecular complexity index is 1110. The molecule has 2 aromatic heterocycles. The second kappa shape index (κ2) is 10.8. The molecule has 0 bridgehead atoms. The summed E-state index contributed by atoms with van der Waals surface area (Å²) < 4.78 is 3.68. The molecule has 4 aromatic rings. The molecular weight excluding hydrogens is 410 g/mol. The summed E-state index contributed by atoms with van der Waals surface area (Å²) in [4.78, 5) is 7.02. The summed E-state index contributed by atoms with van der Waals surface area (Å²) in [5.74, 6) is 0.611. The first kappa shape index (κ1) is 22.6. The zero-order valence-electron chi connectivity index (χ0n) is 19.6. The van der Waals surface area contributed by atoms with Crippen LogP contribution in [-0.2, 0) is 13.1 Å². The van der Waals surface area contributed by atoms with Crippen LogP contribution in [0.1, 0.15) is 69.2 Å². The average Bonchev–Trinajstić information content (AvgIpc) is 3.43. The summed E-state index contributed by atoms with van der Waals surface area (Å²) in [5.41, 5.74) is 5.40. The smallest absolute Gasteiger partial charge is 0.0951 e. The molecule has 32 heavy (non-hydrogen) atoms. The van der Waals surface area contributed by atoms with Gasteiger partial charge in [0.1, 0.15) is 0 Å². The van der Waals surface area contributed by atoms with Gasteiger partial charge in [0.05, 0.1) is 18.6 Å². The fraction of sp³-hybridized carbons (Fsp3) is 0.393. The van der Waals surface area contributed by atoms with E-state index in [1.807, 2.05) is 23.9 Å². The van der Waals surface area contributed by atoms with Crippen molar-refractivity contribution >= 4 is 27.1 Å². The van der Waals surface area contributed by atoms with Gasteiger partial charge in [0.15, 0.2) is 0 Å². The Hall–Kier alpha value is -2.59. The molecule has 1 atom stereocenters. The van der Waals surface area contributed by atoms with Gasteiger partial charge in [-0.2, -0.15) is 0 Å². The largest absolute Gasteiger partial charge is 0.366 e. The first-order valence-electron chi connectivity index (χ1n) is 12.0. The van der Waals surface area contributed by atoms with Gasteiger partial charge in [0.2, 0.25) is 0 Å². The number of thiophene rings is 1. The van der Waals surface area contributed by atoms with Crippen molar-refractivity contribution in [2.75, 3.05) is 11.4 Å². The van der Waals surface area contributed by atoms with E-state index in [1.165, 1.54) is 58.3 Å². The highest BCUT2D eigenvalue weighted by Gasteiger charge is 2.15. The maximum absolute atomic E-state index is 4.48. The maximum Gasteiger partial charge on any atom is 0.0951 e. The van der Waals surface area contributed by atoms with Gasteiger partial charge < -0.3 is 9.47 Å². The molecule has 4 rings (SSSR count). The molecule has 2 heterocycles. The van der Waals surface area contributed by atoms with Crippen LogP contribution in [0.15, 0.2) is 66.4 Å². The standard InChI is InChI=1S/C28H35N3S/c1-4-6-15-30(19-25-17-29-21-31(25)18-23-11-8-7-9-12-23)24-13-14-28-26(16-24)27(20-32-28)22(3)10-5-2/h7-9,11-14,16-17,20-22H,4-6,10,15,18-19H2,1-3H3. The molecule has 4 heteroatoms. The maximum atomic E-state index is 4.48. The molecule has 0 aliphatic rings. The molecule has 168 valence electrons. The third kappa shape index (κ3) is 5.24. The van der Waals surface area contributed by atoms with E-state index < -0.39 is 0 Å². The van der Waals surface area contributed by atoms with Gasteiger partial charge in [-0.25, -0.2) is 4.98 Å². The number of unbranched alkanes of at least 4 members (excludes halogenated alkanes) is 1. The number of rotatable bonds is 11. The van der Waals surface area contributed by atoms with E-state index in [2.05, 4.69) is 89.1 Å². The molecule has 0 spiro atoms. The molecule has 2 aromatic carbocycles. The first-order chi connectivity index (χ1) is 15.7. The monoisotopic (exact) mass is 445 g/mol. The molecule has 0 fully saturated rings. The summed E-state index contributed by atoms with van der Waals surface area (Å²) in [5, 5.41) is 3.81. The van der Waals surface area contributed by atoms with E-state index in [4.69, 9.17) is 0 Å². The van der Waals surface area contributed by atoms with E-state index in [0.717, 1.165) is 19.6 Å². The molecule has 1 unspecified atom stereocenters. The van der Waals surface area contributed by atoms with Crippen LogP contribution in [0.5, 0.6) is 0 Å². The van der Waals surface area contributed by atoms with Crippen LogP contribution in [0.25, 0.3) is 10.1 Å². The minimum absolute atomic E-state index is 0.611. The lowest BCUT2D eigenvalue weighted by molar-refractivity contribution is 0.669. The quantitative estimate of drug-likeness (QED) is 0.234. The lowest BCUT2D eigenvalue weighted by Crippen LogP contribution is -2.25. The van der Waals surface area contributed by atoms with Gasteiger partial charge >= 0.3 is 0 Å². The van der Waals surface area contributed by atoms with Crippen molar-refractivity contribution in [3.63, 3.8) is 0 Å². The van der Waals surface area contributed by atoms with Crippen molar-refractivity contribution in [1.82, 2.24) is 9.55 Å². The highest BCUT2D eigenvalue weighted by molar-refractivity contribution is 7.17. The minimum atomic E-state index is 0.611. The summed E-state index contributed by atoms with van der Waals surface area (Å²) in [6.45, 7) is 9.71. The van der Waals surface area contributed by atoms with Crippen LogP contribution in [-0.4, -0.2) is 16.1 Å². The Balaban J connectivity index is 1.61. The van der Waals surface area contributed by atoms with Gasteiger partial charge in [-0.15, -0.1) is 11.3 Å². The van der Waals surface area contributed by atoms with Gasteiger partial charge in [0, 0.05) is 29.7 Å². The highest BCUT2D eigenvalue weighted by Crippen LogP contribution is 2.36. The van der Waals surface area contributed by atoms with Gasteiger partial charge in [-0.05, 0) is 58.9 Å². The Morgan fingerprint density at radius 1 is 1.06 bits per heavy atom. The van der Waals surface area contributed by atoms with Crippen molar-refractivity contribution in [2.45, 2.75) is 65.5 Å². The number of fused-ring (bicyclic) bond motifs is 1. The van der Waals surface area contributed by atoms with Crippen molar-refractivity contribution < 1.29 is 0 Å². The second-order valence-electron chi connectivity index (χ2n) is 8.83. The van der Waals surface area contributed by atoms with Crippen LogP contribution < -0.4 is 4.90 Å². The minimum Gasteiger partial charge on any atom is -0.366 e. The zero-order chi connectivity index (χ0) is 22.3. The Morgan fingerprint density at radius 3 is 2.69 bits per heavy atom. The van der Waals surface area contributed by atoms with Crippen LogP contribution in [0.3, 0.4) is 0 Å². The third-order valence-corrected chi connectivity index (χ3v) is 7.32. The Kier molecular flexibility index (Phi) is 7.64. The van der Waals surface area contributed by atoms with Crippen LogP contribution >= 0.6 is 11.3 Å². The molecule has 0 saturated heterocycles. The van der Waals surface area contributed by atoms with Crippen LogP contribution in [0.4, 0.5) is 5.69 Å². The topological polar surface area (TPSA) is 21.1 Å². The number of benzene rings is 2. The number of imidazole rings is 1. The molecular formula is C28H35N3S. The number of aromatic nitrogens is 2. The molecule has 0 radical (unpaired) electrons. The number of hydrogen-bond donors (Lipinski definition) is 0. The predicted octanol–water partition coefficient (Wildman–Crippen LogP) is 7.86. The Morgan fingerprint density at radius 2 is 1.91 bits per heavy atom. The molecule has 0 saturated carbocycles. The first-order valence-corrected chi connectivity index (χ1v) is 12.9. The molecule has 0 N–H and O–H groups in total. The molecule has 3 nitrogen and oxygen atoms in total. The summed E-state index contributed by atoms with van der Waals surface area (Å²) in [7, 11) is 0. The normalized spacial score (nSPS) is 12.3. The third-order valence-electron chi connectivity index (χ3n) is 6.33.